The minimum atomic E-state index is -0.219. The van der Waals surface area contributed by atoms with Crippen LogP contribution in [0.15, 0.2) is 24.3 Å². The van der Waals surface area contributed by atoms with Crippen molar-refractivity contribution in [2.24, 2.45) is 0 Å². The Kier molecular flexibility index (Phi) is 6.60. The standard InChI is InChI=1S/C23H26ClN7O2/c1-13-11-17-18(12-19(13)33-4)31-15(3)29-30-22(31)21(28-17)25-9-5-6-10-26-23(32)16-8-7-14(2)27-20(16)24/h7-8,11-12H,5-6,9-10H2,1-4H3,(H,25,28)(H,26,32). The number of ether oxygens (including phenoxy) is 1. The number of nitrogens with one attached hydrogen (secondary N) is 2. The van der Waals surface area contributed by atoms with Gasteiger partial charge in [0.15, 0.2) is 5.82 Å². The monoisotopic (exact) mass is 467 g/mol. The first-order chi connectivity index (χ1) is 15.9. The van der Waals surface area contributed by atoms with Crippen molar-refractivity contribution in [3.8, 4) is 5.75 Å². The lowest BCUT2D eigenvalue weighted by Gasteiger charge is -2.12. The number of carbonyl (C=O) groups is 1. The Morgan fingerprint density at radius 1 is 1.09 bits per heavy atom. The highest BCUT2D eigenvalue weighted by atomic mass is 35.5. The summed E-state index contributed by atoms with van der Waals surface area (Å²) in [6, 6.07) is 7.42. The third-order valence-electron chi connectivity index (χ3n) is 5.42. The molecule has 0 unspecified atom stereocenters. The quantitative estimate of drug-likeness (QED) is 0.299. The maximum absolute atomic E-state index is 12.3. The molecular weight excluding hydrogens is 442 g/mol. The highest BCUT2D eigenvalue weighted by Crippen LogP contribution is 2.28. The van der Waals surface area contributed by atoms with E-state index in [0.717, 1.165) is 46.7 Å². The Balaban J connectivity index is 1.39. The van der Waals surface area contributed by atoms with E-state index >= 15 is 0 Å². The lowest BCUT2D eigenvalue weighted by Crippen LogP contribution is -2.25. The van der Waals surface area contributed by atoms with Gasteiger partial charge in [-0.05, 0) is 57.4 Å². The Hall–Kier alpha value is -3.46. The molecule has 3 heterocycles. The van der Waals surface area contributed by atoms with Gasteiger partial charge in [-0.15, -0.1) is 10.2 Å². The molecule has 9 nitrogen and oxygen atoms in total. The Bertz CT molecular complexity index is 1340. The van der Waals surface area contributed by atoms with Crippen molar-refractivity contribution in [2.75, 3.05) is 25.5 Å². The number of nitrogens with zero attached hydrogens (tertiary/aromatic N) is 5. The predicted octanol–water partition coefficient (Wildman–Crippen LogP) is 3.88. The molecule has 0 aliphatic rings. The summed E-state index contributed by atoms with van der Waals surface area (Å²) in [5, 5.41) is 15.0. The minimum absolute atomic E-state index is 0.219. The number of unbranched alkanes of at least 4 members (excludes halogenated alkanes) is 1. The second-order valence-corrected chi connectivity index (χ2v) is 8.22. The largest absolute Gasteiger partial charge is 0.496 e. The second-order valence-electron chi connectivity index (χ2n) is 7.86. The SMILES string of the molecule is COc1cc2c(cc1C)nc(NCCCCNC(=O)c1ccc(C)nc1Cl)c1nnc(C)n12. The van der Waals surface area contributed by atoms with E-state index in [0.29, 0.717) is 30.1 Å². The summed E-state index contributed by atoms with van der Waals surface area (Å²) in [4.78, 5) is 21.2. The molecule has 0 bridgehead atoms. The molecule has 33 heavy (non-hydrogen) atoms. The van der Waals surface area contributed by atoms with Crippen LogP contribution in [0.4, 0.5) is 5.82 Å². The molecule has 0 saturated heterocycles. The number of aryl methyl sites for hydroxylation is 3. The first kappa shape index (κ1) is 22.7. The van der Waals surface area contributed by atoms with E-state index in [9.17, 15) is 4.79 Å². The number of hydrogen-bond acceptors (Lipinski definition) is 7. The minimum Gasteiger partial charge on any atom is -0.496 e. The lowest BCUT2D eigenvalue weighted by atomic mass is 10.2. The van der Waals surface area contributed by atoms with Gasteiger partial charge in [-0.2, -0.15) is 0 Å². The zero-order chi connectivity index (χ0) is 23.5. The van der Waals surface area contributed by atoms with Crippen molar-refractivity contribution in [1.82, 2.24) is 29.9 Å². The van der Waals surface area contributed by atoms with Crippen molar-refractivity contribution in [2.45, 2.75) is 33.6 Å². The van der Waals surface area contributed by atoms with E-state index in [2.05, 4.69) is 25.8 Å². The van der Waals surface area contributed by atoms with Gasteiger partial charge in [0, 0.05) is 24.8 Å². The van der Waals surface area contributed by atoms with Crippen LogP contribution in [0, 0.1) is 20.8 Å². The normalized spacial score (nSPS) is 11.2. The summed E-state index contributed by atoms with van der Waals surface area (Å²) in [6.07, 6.45) is 1.63. The van der Waals surface area contributed by atoms with E-state index in [1.807, 2.05) is 37.3 Å². The molecule has 172 valence electrons. The van der Waals surface area contributed by atoms with Gasteiger partial charge in [-0.3, -0.25) is 9.20 Å². The fourth-order valence-corrected chi connectivity index (χ4v) is 3.97. The van der Waals surface area contributed by atoms with Crippen molar-refractivity contribution < 1.29 is 9.53 Å². The van der Waals surface area contributed by atoms with Crippen LogP contribution in [0.1, 0.15) is 40.3 Å². The number of pyridine rings is 1. The van der Waals surface area contributed by atoms with Gasteiger partial charge in [0.1, 0.15) is 16.7 Å². The molecule has 0 atom stereocenters. The third kappa shape index (κ3) is 4.68. The zero-order valence-electron chi connectivity index (χ0n) is 19.1. The van der Waals surface area contributed by atoms with Crippen LogP contribution in [-0.4, -0.2) is 50.7 Å². The van der Waals surface area contributed by atoms with Gasteiger partial charge in [0.05, 0.1) is 23.7 Å². The highest BCUT2D eigenvalue weighted by Gasteiger charge is 2.15. The van der Waals surface area contributed by atoms with Crippen LogP contribution in [0.25, 0.3) is 16.7 Å². The molecule has 0 spiro atoms. The van der Waals surface area contributed by atoms with E-state index in [1.165, 1.54) is 0 Å². The second kappa shape index (κ2) is 9.58. The van der Waals surface area contributed by atoms with E-state index in [-0.39, 0.29) is 11.1 Å². The molecule has 0 aliphatic carbocycles. The number of aromatic nitrogens is 5. The summed E-state index contributed by atoms with van der Waals surface area (Å²) >= 11 is 6.06. The number of methoxy groups -OCH3 is 1. The van der Waals surface area contributed by atoms with Crippen molar-refractivity contribution in [1.29, 1.82) is 0 Å². The Labute approximate surface area is 196 Å². The number of rotatable bonds is 8. The van der Waals surface area contributed by atoms with Crippen LogP contribution in [-0.2, 0) is 0 Å². The van der Waals surface area contributed by atoms with Crippen LogP contribution in [0.3, 0.4) is 0 Å². The van der Waals surface area contributed by atoms with Crippen molar-refractivity contribution in [3.05, 3.63) is 52.1 Å². The number of anilines is 1. The topological polar surface area (TPSA) is 106 Å². The number of halogens is 1. The number of carbonyl (C=O) groups excluding carboxylic acids is 1. The molecule has 4 aromatic rings. The number of amides is 1. The third-order valence-corrected chi connectivity index (χ3v) is 5.70. The number of fused-ring (bicyclic) bond motifs is 3. The van der Waals surface area contributed by atoms with Gasteiger partial charge in [0.25, 0.3) is 5.91 Å². The predicted molar refractivity (Wildman–Crippen MR) is 128 cm³/mol. The summed E-state index contributed by atoms with van der Waals surface area (Å²) < 4.78 is 7.45. The Morgan fingerprint density at radius 3 is 2.64 bits per heavy atom. The van der Waals surface area contributed by atoms with Gasteiger partial charge >= 0.3 is 0 Å². The Morgan fingerprint density at radius 2 is 1.88 bits per heavy atom. The van der Waals surface area contributed by atoms with Crippen LogP contribution in [0.2, 0.25) is 5.15 Å². The van der Waals surface area contributed by atoms with Gasteiger partial charge < -0.3 is 15.4 Å². The average molecular weight is 468 g/mol. The van der Waals surface area contributed by atoms with Gasteiger partial charge in [-0.1, -0.05) is 11.6 Å². The smallest absolute Gasteiger partial charge is 0.254 e. The first-order valence-corrected chi connectivity index (χ1v) is 11.1. The van der Waals surface area contributed by atoms with E-state index in [4.69, 9.17) is 21.3 Å². The fraction of sp³-hybridized carbons (Fsp3) is 0.348. The average Bonchev–Trinajstić information content (AvgIpc) is 3.17. The van der Waals surface area contributed by atoms with Crippen LogP contribution >= 0.6 is 11.6 Å². The van der Waals surface area contributed by atoms with Gasteiger partial charge in [0.2, 0.25) is 5.65 Å². The molecule has 0 aliphatic heterocycles. The van der Waals surface area contributed by atoms with Crippen LogP contribution in [0.5, 0.6) is 5.75 Å². The molecule has 3 aromatic heterocycles. The molecule has 4 rings (SSSR count). The van der Waals surface area contributed by atoms with Gasteiger partial charge in [-0.25, -0.2) is 9.97 Å². The first-order valence-electron chi connectivity index (χ1n) is 10.7. The summed E-state index contributed by atoms with van der Waals surface area (Å²) in [6.45, 7) is 6.95. The van der Waals surface area contributed by atoms with Crippen LogP contribution < -0.4 is 15.4 Å². The summed E-state index contributed by atoms with van der Waals surface area (Å²) in [7, 11) is 1.66. The maximum Gasteiger partial charge on any atom is 0.254 e. The van der Waals surface area contributed by atoms with Crippen molar-refractivity contribution >= 4 is 40.0 Å². The number of benzene rings is 1. The summed E-state index contributed by atoms with van der Waals surface area (Å²) in [5.74, 6) is 2.03. The molecule has 10 heteroatoms. The zero-order valence-corrected chi connectivity index (χ0v) is 19.8. The lowest BCUT2D eigenvalue weighted by molar-refractivity contribution is 0.0953. The molecule has 1 aromatic carbocycles. The molecule has 0 saturated carbocycles. The summed E-state index contributed by atoms with van der Waals surface area (Å²) in [5.41, 5.74) is 4.57. The molecule has 1 amide bonds. The molecule has 0 fully saturated rings. The highest BCUT2D eigenvalue weighted by molar-refractivity contribution is 6.32. The maximum atomic E-state index is 12.3. The molecule has 2 N–H and O–H groups in total. The van der Waals surface area contributed by atoms with Crippen molar-refractivity contribution in [3.63, 3.8) is 0 Å². The van der Waals surface area contributed by atoms with E-state index < -0.39 is 0 Å². The molecular formula is C23H26ClN7O2. The molecule has 0 radical (unpaired) electrons. The number of hydrogen-bond donors (Lipinski definition) is 2. The van der Waals surface area contributed by atoms with E-state index in [1.54, 1.807) is 19.2 Å². The fourth-order valence-electron chi connectivity index (χ4n) is 3.69.